The fourth-order valence-corrected chi connectivity index (χ4v) is 52.9. The third-order valence-corrected chi connectivity index (χ3v) is 57.3. The van der Waals surface area contributed by atoms with E-state index in [4.69, 9.17) is 0 Å². The van der Waals surface area contributed by atoms with Crippen LogP contribution in [0.2, 0.25) is 0 Å². The average Bonchev–Trinajstić information content (AvgIpc) is 1.54. The second-order valence-corrected chi connectivity index (χ2v) is 59.9. The van der Waals surface area contributed by atoms with Gasteiger partial charge in [-0.3, -0.25) is 0 Å². The van der Waals surface area contributed by atoms with Crippen LogP contribution in [0.4, 0.5) is 0 Å². The van der Waals surface area contributed by atoms with E-state index in [1.54, 1.807) is 0 Å². The summed E-state index contributed by atoms with van der Waals surface area (Å²) in [5.74, 6) is 0. The zero-order chi connectivity index (χ0) is 101. The average molecular weight is 1990 g/mol. The van der Waals surface area contributed by atoms with Crippen LogP contribution >= 0.6 is 0 Å². The molecule has 0 aliphatic carbocycles. The molecule has 150 heavy (non-hydrogen) atoms. The molecule has 0 spiro atoms. The summed E-state index contributed by atoms with van der Waals surface area (Å²) >= 11 is 0. The monoisotopic (exact) mass is 1990 g/mol. The van der Waals surface area contributed by atoms with Crippen LogP contribution in [0.1, 0.15) is 27.8 Å². The van der Waals surface area contributed by atoms with Crippen LogP contribution in [0, 0.1) is 34.6 Å². The largest absolute Gasteiger partial charge is 0.180 e. The molecule has 30 rings (SSSR count). The summed E-state index contributed by atoms with van der Waals surface area (Å²) in [5.41, 5.74) is 20.7. The number of aryl methyl sites for hydroxylation is 5. The number of hydrogen-bond acceptors (Lipinski definition) is 0. The van der Waals surface area contributed by atoms with Gasteiger partial charge in [0.25, 0.3) is 0 Å². The fraction of sp³-hybridized carbons (Fsp3) is 0.0345. The van der Waals surface area contributed by atoms with Gasteiger partial charge in [0.2, 0.25) is 0 Å². The van der Waals surface area contributed by atoms with Crippen LogP contribution in [0.15, 0.2) is 576 Å². The third kappa shape index (κ3) is 14.8. The van der Waals surface area contributed by atoms with Crippen molar-refractivity contribution in [2.24, 2.45) is 0 Å². The van der Waals surface area contributed by atoms with E-state index >= 15 is 0 Å². The highest BCUT2D eigenvalue weighted by atomic mass is 28.3. The Morgan fingerprint density at radius 3 is 0.787 bits per heavy atom. The topological polar surface area (TPSA) is 0 Å². The van der Waals surface area contributed by atoms with E-state index in [1.165, 1.54) is 241 Å². The molecule has 0 aromatic heterocycles. The molecule has 25 aromatic rings. The summed E-state index contributed by atoms with van der Waals surface area (Å²) in [6, 6.07) is 216. The molecule has 0 N–H and O–H groups in total. The highest BCUT2D eigenvalue weighted by Crippen LogP contribution is 2.42. The van der Waals surface area contributed by atoms with Gasteiger partial charge in [-0.05, 0) is 266 Å². The van der Waals surface area contributed by atoms with Crippen LogP contribution in [-0.4, -0.2) is 40.4 Å². The molecule has 5 aliphatic heterocycles. The first-order valence-corrected chi connectivity index (χ1v) is 62.7. The van der Waals surface area contributed by atoms with Crippen LogP contribution in [0.25, 0.3) is 109 Å². The maximum atomic E-state index is 2.51. The zero-order valence-corrected chi connectivity index (χ0v) is 89.8. The van der Waals surface area contributed by atoms with E-state index in [9.17, 15) is 0 Å². The molecule has 2 unspecified atom stereocenters. The molecule has 0 amide bonds. The van der Waals surface area contributed by atoms with Crippen molar-refractivity contribution in [1.82, 2.24) is 0 Å². The van der Waals surface area contributed by atoms with Crippen LogP contribution in [-0.2, 0) is 0 Å². The van der Waals surface area contributed by atoms with E-state index in [0.29, 0.717) is 0 Å². The van der Waals surface area contributed by atoms with E-state index in [-0.39, 0.29) is 0 Å². The lowest BCUT2D eigenvalue weighted by Gasteiger charge is -2.31. The minimum absolute atomic E-state index is 1.31. The highest BCUT2D eigenvalue weighted by Gasteiger charge is 2.55. The van der Waals surface area contributed by atoms with Gasteiger partial charge in [0.05, 0.1) is 0 Å². The van der Waals surface area contributed by atoms with Crippen molar-refractivity contribution < 1.29 is 0 Å². The second kappa shape index (κ2) is 38.3. The minimum atomic E-state index is -2.37. The van der Waals surface area contributed by atoms with Crippen LogP contribution in [0.5, 0.6) is 0 Å². The van der Waals surface area contributed by atoms with Crippen molar-refractivity contribution in [2.45, 2.75) is 34.6 Å². The Morgan fingerprint density at radius 1 is 0.113 bits per heavy atom. The molecule has 0 saturated carbocycles. The van der Waals surface area contributed by atoms with Crippen molar-refractivity contribution in [2.75, 3.05) is 0 Å². The smallest absolute Gasteiger partial charge is 0.0623 e. The molecule has 0 saturated heterocycles. The lowest BCUT2D eigenvalue weighted by Crippen LogP contribution is -2.72. The summed E-state index contributed by atoms with van der Waals surface area (Å²) in [5, 5.41) is 43.1. The van der Waals surface area contributed by atoms with Gasteiger partial charge < -0.3 is 0 Å². The normalized spacial score (nSPS) is 15.0. The molecule has 2 atom stereocenters. The molecular formula is C145H110Si5. The summed E-state index contributed by atoms with van der Waals surface area (Å²) in [6.07, 6.45) is 0. The molecular weight excluding hydrogens is 1880 g/mol. The maximum Gasteiger partial charge on any atom is 0.180 e. The van der Waals surface area contributed by atoms with Gasteiger partial charge in [0.1, 0.15) is 0 Å². The Morgan fingerprint density at radius 2 is 0.380 bits per heavy atom. The summed E-state index contributed by atoms with van der Waals surface area (Å²) in [6.45, 7) is 11.0. The Bertz CT molecular complexity index is 9260. The van der Waals surface area contributed by atoms with Crippen LogP contribution < -0.4 is 104 Å². The predicted molar refractivity (Wildman–Crippen MR) is 656 cm³/mol. The molecule has 5 heteroatoms. The molecule has 25 aromatic carbocycles. The molecule has 710 valence electrons. The molecule has 5 aliphatic rings. The second-order valence-electron chi connectivity index (χ2n) is 41.2. The maximum absolute atomic E-state index is 2.51. The van der Waals surface area contributed by atoms with Crippen LogP contribution in [0.3, 0.4) is 0 Å². The van der Waals surface area contributed by atoms with Gasteiger partial charge in [-0.25, -0.2) is 0 Å². The van der Waals surface area contributed by atoms with Gasteiger partial charge in [-0.2, -0.15) is 0 Å². The van der Waals surface area contributed by atoms with Gasteiger partial charge >= 0.3 is 0 Å². The summed E-state index contributed by atoms with van der Waals surface area (Å²) < 4.78 is 0. The fourth-order valence-electron chi connectivity index (χ4n) is 26.8. The lowest BCUT2D eigenvalue weighted by molar-refractivity contribution is 1.49. The molecule has 5 heterocycles. The minimum Gasteiger partial charge on any atom is -0.0623 e. The molecule has 0 nitrogen and oxygen atoms in total. The first-order chi connectivity index (χ1) is 74.0. The van der Waals surface area contributed by atoms with Gasteiger partial charge in [0, 0.05) is 0 Å². The highest BCUT2D eigenvalue weighted by molar-refractivity contribution is 7.25. The Balaban J connectivity index is 0.0000000945. The standard InChI is InChI=1S/5C29H22Si/c1-21-11-10-12-22-19-27-25-17-8-9-18-28(25)30(29(27)20-26(21)22,23-13-4-2-5-14-23)24-15-6-3-7-16-24;1-21-16-18-26-28(20-21)30(23-11-4-2-5-12-23,24-13-6-3-7-14-24)27-19-17-22-10-8-9-15-25(22)29(26)27;1-21-16-17-22-19-27-26-14-8-9-15-28(26)30(24-10-4-2-5-11-24,25-12-6-3-7-13-25)29(27)20-23(22)18-21;1-21-10-9-14-24(20-21)30(23-12-3-2-4-13-23)27-17-8-7-16-26(27)29-25-15-6-5-11-22(25)18-19-28(29)30;1-21-15-18-24(19-16-21)30(23-10-3-2-4-11-23)27-14-8-7-13-26(27)29-25-12-6-5-9-22(25)17-20-28(29)30/h5*2-20H,1H3. The Kier molecular flexibility index (Phi) is 23.7. The van der Waals surface area contributed by atoms with E-state index < -0.39 is 40.4 Å². The number of rotatable bonds is 10. The lowest BCUT2D eigenvalue weighted by atomic mass is 9.98. The van der Waals surface area contributed by atoms with Gasteiger partial charge in [0.15, 0.2) is 40.4 Å². The van der Waals surface area contributed by atoms with Crippen molar-refractivity contribution in [3.05, 3.63) is 604 Å². The summed E-state index contributed by atoms with van der Waals surface area (Å²) in [7, 11) is -11.8. The number of benzene rings is 25. The SMILES string of the molecule is Cc1ccc([Si]2(c3ccccc3)c3ccccc3-c3c2ccc2ccccc32)cc1.Cc1ccc2c(c1)[Si](c1ccccc1)(c1ccccc1)c1ccc3ccccc3c1-2.Cc1ccc2cc3c(cc2c1)[Si](c1ccccc1)(c1ccccc1)c1ccccc1-3.Cc1cccc([Si]2(c3ccccc3)c3ccccc3-c3c2ccc2ccccc32)c1.Cc1cccc2cc3c(cc12)[Si](c1ccccc1)(c1ccccc1)c1ccccc1-3. The Labute approximate surface area is 885 Å². The third-order valence-electron chi connectivity index (χ3n) is 33.1. The molecule has 0 fully saturated rings. The number of fused-ring (bicyclic) bond motifs is 23. The van der Waals surface area contributed by atoms with Crippen molar-refractivity contribution in [1.29, 1.82) is 0 Å². The Hall–Kier alpha value is -17.1. The van der Waals surface area contributed by atoms with E-state index in [1.807, 2.05) is 0 Å². The van der Waals surface area contributed by atoms with Gasteiger partial charge in [-0.1, -0.05) is 586 Å². The van der Waals surface area contributed by atoms with E-state index in [0.717, 1.165) is 0 Å². The number of hydrogen-bond donors (Lipinski definition) is 0. The van der Waals surface area contributed by atoms with Gasteiger partial charge in [-0.15, -0.1) is 0 Å². The first-order valence-electron chi connectivity index (χ1n) is 52.7. The molecule has 0 bridgehead atoms. The zero-order valence-electron chi connectivity index (χ0n) is 84.8. The quantitative estimate of drug-likeness (QED) is 0.120. The summed E-state index contributed by atoms with van der Waals surface area (Å²) in [4.78, 5) is 0. The van der Waals surface area contributed by atoms with Crippen molar-refractivity contribution >= 4 is 198 Å². The van der Waals surface area contributed by atoms with E-state index in [2.05, 4.69) is 611 Å². The predicted octanol–water partition coefficient (Wildman–Crippen LogP) is 22.5. The van der Waals surface area contributed by atoms with Crippen molar-refractivity contribution in [3.8, 4) is 55.6 Å². The molecule has 0 radical (unpaired) electrons. The first kappa shape index (κ1) is 92.7. The van der Waals surface area contributed by atoms with Crippen molar-refractivity contribution in [3.63, 3.8) is 0 Å².